The van der Waals surface area contributed by atoms with Crippen molar-refractivity contribution in [1.29, 1.82) is 0 Å². The summed E-state index contributed by atoms with van der Waals surface area (Å²) in [5.41, 5.74) is 0.526. The van der Waals surface area contributed by atoms with Crippen molar-refractivity contribution >= 4 is 64.7 Å². The molecule has 0 bridgehead atoms. The van der Waals surface area contributed by atoms with Crippen LogP contribution in [0.2, 0.25) is 0 Å². The minimum Gasteiger partial charge on any atom is -0.481 e. The van der Waals surface area contributed by atoms with E-state index in [0.29, 0.717) is 38.1 Å². The van der Waals surface area contributed by atoms with Gasteiger partial charge in [-0.3, -0.25) is 57.7 Å². The van der Waals surface area contributed by atoms with E-state index < -0.39 is 108 Å². The number of Topliss-reactive ketones (excluding diaryl/α,β-unsaturated/α-hetero) is 3. The number of imide groups is 1. The molecule has 532 valence electrons. The number of likely N-dealkylation sites (tertiary alicyclic amines) is 2. The van der Waals surface area contributed by atoms with Crippen LogP contribution in [-0.4, -0.2) is 185 Å². The van der Waals surface area contributed by atoms with Crippen LogP contribution >= 0.6 is 0 Å². The predicted molar refractivity (Wildman–Crippen MR) is 362 cm³/mol. The fraction of sp³-hybridized carbons (Fsp3) is 0.767. The normalized spacial score (nSPS) is 19.0. The molecule has 0 aliphatic carbocycles. The number of likely N-dealkylation sites (N-methyl/N-ethyl adjacent to an activating group) is 2. The lowest BCUT2D eigenvalue weighted by Gasteiger charge is -2.41. The number of aliphatic carboxylic acids is 2. The van der Waals surface area contributed by atoms with Crippen LogP contribution in [0.4, 0.5) is 0 Å². The molecule has 0 spiro atoms. The summed E-state index contributed by atoms with van der Waals surface area (Å²) in [6.45, 7) is 29.7. The molecule has 2 aliphatic heterocycles. The van der Waals surface area contributed by atoms with Gasteiger partial charge in [-0.1, -0.05) is 134 Å². The molecule has 13 atom stereocenters. The second-order valence-electron chi connectivity index (χ2n) is 30.3. The van der Waals surface area contributed by atoms with Crippen molar-refractivity contribution in [3.8, 4) is 0 Å². The summed E-state index contributed by atoms with van der Waals surface area (Å²) in [6, 6.07) is 6.15. The van der Waals surface area contributed by atoms with E-state index >= 15 is 0 Å². The average molecular weight is 1320 g/mol. The van der Waals surface area contributed by atoms with E-state index in [1.807, 2.05) is 73.7 Å². The Balaban J connectivity index is 1.77. The SMILES string of the molecule is CC[C@H](C)[C@@H]([C@@H](CC(=O)N1CCC[C@H]1[C@H](OC)[C@@H](C)C(=O)C[C@H](Cc1ccccc1)C(=O)C[C@@H](CCC(=O)O)C(=O)N[C@@H](CCCCNC(=O)CCN1C(=O)CC(C(C)(C)C)C1=O)C(=O)O)OC)N(C)C(=O)[C@@H](CC(=O)[C@H](C(C)C)N(C)CCC(C)CC(C)(C)C)C(C)C. The molecule has 94 heavy (non-hydrogen) atoms. The zero-order valence-electron chi connectivity index (χ0n) is 60.4. The molecule has 2 saturated heterocycles. The quantitative estimate of drug-likeness (QED) is 0.0350. The minimum atomic E-state index is -1.42. The van der Waals surface area contributed by atoms with Gasteiger partial charge in [-0.15, -0.1) is 0 Å². The number of nitrogens with one attached hydrogen (secondary N) is 2. The predicted octanol–water partition coefficient (Wildman–Crippen LogP) is 9.48. The molecule has 1 aromatic carbocycles. The number of nitrogens with zero attached hydrogens (tertiary/aromatic N) is 4. The van der Waals surface area contributed by atoms with Gasteiger partial charge in [-0.05, 0) is 111 Å². The van der Waals surface area contributed by atoms with Crippen molar-refractivity contribution in [2.45, 2.75) is 242 Å². The second kappa shape index (κ2) is 38.7. The molecule has 3 rings (SSSR count). The van der Waals surface area contributed by atoms with Crippen LogP contribution in [0.25, 0.3) is 0 Å². The van der Waals surface area contributed by atoms with Crippen LogP contribution in [0.15, 0.2) is 30.3 Å². The van der Waals surface area contributed by atoms with Gasteiger partial charge in [0, 0.05) is 103 Å². The largest absolute Gasteiger partial charge is 0.481 e. The topological polar surface area (TPSA) is 284 Å². The maximum Gasteiger partial charge on any atom is 0.326 e. The van der Waals surface area contributed by atoms with Gasteiger partial charge in [-0.25, -0.2) is 4.79 Å². The van der Waals surface area contributed by atoms with Crippen molar-refractivity contribution < 1.29 is 72.4 Å². The first kappa shape index (κ1) is 82.3. The molecule has 21 heteroatoms. The highest BCUT2D eigenvalue weighted by atomic mass is 16.5. The number of amides is 6. The van der Waals surface area contributed by atoms with Gasteiger partial charge in [-0.2, -0.15) is 0 Å². The maximum absolute atomic E-state index is 14.9. The van der Waals surface area contributed by atoms with E-state index in [-0.39, 0.29) is 135 Å². The molecule has 6 amide bonds. The van der Waals surface area contributed by atoms with E-state index in [2.05, 4.69) is 57.1 Å². The number of ketones is 3. The Morgan fingerprint density at radius 3 is 1.94 bits per heavy atom. The number of ether oxygens (including phenoxy) is 2. The molecule has 4 N–H and O–H groups in total. The van der Waals surface area contributed by atoms with Crippen LogP contribution < -0.4 is 10.6 Å². The third-order valence-electron chi connectivity index (χ3n) is 19.7. The third-order valence-corrected chi connectivity index (χ3v) is 19.7. The van der Waals surface area contributed by atoms with Crippen molar-refractivity contribution in [3.63, 3.8) is 0 Å². The van der Waals surface area contributed by atoms with Crippen LogP contribution in [0.3, 0.4) is 0 Å². The molecule has 0 radical (unpaired) electrons. The van der Waals surface area contributed by atoms with Crippen LogP contribution in [0.1, 0.15) is 205 Å². The van der Waals surface area contributed by atoms with Gasteiger partial charge in [0.2, 0.25) is 35.4 Å². The smallest absolute Gasteiger partial charge is 0.326 e. The highest BCUT2D eigenvalue weighted by molar-refractivity contribution is 6.04. The summed E-state index contributed by atoms with van der Waals surface area (Å²) in [6.07, 6.45) is 1.35. The molecule has 2 unspecified atom stereocenters. The van der Waals surface area contributed by atoms with Gasteiger partial charge in [0.1, 0.15) is 17.6 Å². The van der Waals surface area contributed by atoms with Gasteiger partial charge in [0.15, 0.2) is 5.78 Å². The number of carboxylic acids is 2. The number of rotatable bonds is 43. The van der Waals surface area contributed by atoms with Crippen LogP contribution in [0, 0.1) is 64.1 Å². The molecule has 1 aromatic rings. The minimum absolute atomic E-state index is 0.0286. The Morgan fingerprint density at radius 2 is 1.39 bits per heavy atom. The van der Waals surface area contributed by atoms with Crippen molar-refractivity contribution in [1.82, 2.24) is 30.2 Å². The average Bonchev–Trinajstić information content (AvgIpc) is 1.67. The molecule has 2 heterocycles. The first-order valence-corrected chi connectivity index (χ1v) is 34.7. The van der Waals surface area contributed by atoms with Crippen LogP contribution in [-0.2, 0) is 68.6 Å². The van der Waals surface area contributed by atoms with Gasteiger partial charge in [0.25, 0.3) is 0 Å². The van der Waals surface area contributed by atoms with E-state index in [1.54, 1.807) is 35.9 Å². The molecular weight excluding hydrogens is 1200 g/mol. The number of carboxylic acid groups (broad SMARTS) is 2. The zero-order valence-corrected chi connectivity index (χ0v) is 60.4. The second-order valence-corrected chi connectivity index (χ2v) is 30.3. The Kier molecular flexibility index (Phi) is 33.9. The number of methoxy groups -OCH3 is 2. The van der Waals surface area contributed by atoms with E-state index in [4.69, 9.17) is 9.47 Å². The Morgan fingerprint density at radius 1 is 0.755 bits per heavy atom. The Labute approximate surface area is 562 Å². The lowest BCUT2D eigenvalue weighted by atomic mass is 9.80. The van der Waals surface area contributed by atoms with Crippen molar-refractivity contribution in [2.75, 3.05) is 54.5 Å². The standard InChI is InChI=1S/C73H120N6O15/c1-19-48(7)66(77(16)69(89)53(45(2)3)41-59(82)65(46(4)5)76(15)36-32-47(6)44-72(9,10)11)60(93-17)43-63(85)78-35-25-29-56(78)67(94-18)49(8)57(80)40-52(38-50-26-21-20-22-27-50)58(81)39-51(30-31-64(86)87)68(88)75-55(71(91)92)28-23-24-34-74-61(83)33-37-79-62(84)42-54(70(79)90)73(12,13)14/h20-22,26-27,45-49,51-56,60,65-67H,19,23-25,28-44H2,1-18H3,(H,74,83)(H,75,88)(H,86,87)(H,91,92)/t47?,48-,49-,51+,52-,53-,54?,55-,56-,60+,65-,66-,67+/m0/s1. The van der Waals surface area contributed by atoms with Crippen molar-refractivity contribution in [2.24, 2.45) is 64.1 Å². The number of unbranched alkanes of at least 4 members (excludes halogenated alkanes) is 1. The van der Waals surface area contributed by atoms with Crippen LogP contribution in [0.5, 0.6) is 0 Å². The number of hydrogen-bond donors (Lipinski definition) is 4. The highest BCUT2D eigenvalue weighted by Crippen LogP contribution is 2.37. The first-order valence-electron chi connectivity index (χ1n) is 34.7. The molecular formula is C73H120N6O15. The Bertz CT molecular complexity index is 2670. The molecule has 0 saturated carbocycles. The summed E-state index contributed by atoms with van der Waals surface area (Å²) in [5.74, 6) is -9.58. The maximum atomic E-state index is 14.9. The Hall–Kier alpha value is -5.93. The first-order chi connectivity index (χ1) is 43.9. The monoisotopic (exact) mass is 1320 g/mol. The van der Waals surface area contributed by atoms with Gasteiger partial charge >= 0.3 is 11.9 Å². The molecule has 2 aliphatic rings. The number of carbonyl (C=O) groups excluding carboxylic acids is 9. The molecule has 0 aromatic heterocycles. The number of benzene rings is 1. The number of hydrogen-bond acceptors (Lipinski definition) is 14. The molecule has 2 fully saturated rings. The fourth-order valence-corrected chi connectivity index (χ4v) is 14.2. The van der Waals surface area contributed by atoms with Crippen molar-refractivity contribution in [3.05, 3.63) is 35.9 Å². The van der Waals surface area contributed by atoms with Gasteiger partial charge < -0.3 is 40.1 Å². The lowest BCUT2D eigenvalue weighted by molar-refractivity contribution is -0.149. The summed E-state index contributed by atoms with van der Waals surface area (Å²) in [7, 11) is 6.77. The van der Waals surface area contributed by atoms with E-state index in [9.17, 15) is 63.0 Å². The van der Waals surface area contributed by atoms with E-state index in [1.165, 1.54) is 14.2 Å². The van der Waals surface area contributed by atoms with Gasteiger partial charge in [0.05, 0.1) is 42.7 Å². The summed E-state index contributed by atoms with van der Waals surface area (Å²) >= 11 is 0. The molecule has 21 nitrogen and oxygen atoms in total. The fourth-order valence-electron chi connectivity index (χ4n) is 14.2. The summed E-state index contributed by atoms with van der Waals surface area (Å²) in [4.78, 5) is 157. The highest BCUT2D eigenvalue weighted by Gasteiger charge is 2.46. The zero-order chi connectivity index (χ0) is 71.1. The van der Waals surface area contributed by atoms with E-state index in [0.717, 1.165) is 29.8 Å². The summed E-state index contributed by atoms with van der Waals surface area (Å²) in [5, 5.41) is 25.1. The summed E-state index contributed by atoms with van der Waals surface area (Å²) < 4.78 is 12.3. The number of carbonyl (C=O) groups is 11. The lowest BCUT2D eigenvalue weighted by Crippen LogP contribution is -2.54. The third kappa shape index (κ3) is 25.6.